The molecule has 2 heterocycles. The van der Waals surface area contributed by atoms with Crippen molar-refractivity contribution in [3.63, 3.8) is 0 Å². The number of carbonyl (C=O) groups excluding carboxylic acids is 1. The number of urea groups is 1. The topological polar surface area (TPSA) is 85.8 Å². The van der Waals surface area contributed by atoms with Crippen molar-refractivity contribution in [3.05, 3.63) is 29.5 Å². The van der Waals surface area contributed by atoms with E-state index >= 15 is 0 Å². The standard InChI is InChI=1S/C14H18N4O3.ClH/c1-17(2)5-6-18-9-11-7-10(3-4-12(19)20)8-15-13(11)16-14(18)21;/h3-4,7-8H,5-6,9H2,1-2H3,(H,19,20)(H,15,16,21);1H. The quantitative estimate of drug-likeness (QED) is 0.801. The molecular formula is C14H19ClN4O3. The van der Waals surface area contributed by atoms with Crippen molar-refractivity contribution >= 4 is 36.3 Å². The van der Waals surface area contributed by atoms with E-state index in [1.54, 1.807) is 4.90 Å². The van der Waals surface area contributed by atoms with E-state index < -0.39 is 5.97 Å². The van der Waals surface area contributed by atoms with Crippen molar-refractivity contribution < 1.29 is 14.7 Å². The second kappa shape index (κ2) is 7.77. The summed E-state index contributed by atoms with van der Waals surface area (Å²) in [5.41, 5.74) is 1.57. The first kappa shape index (κ1) is 17.9. The Labute approximate surface area is 135 Å². The number of likely N-dealkylation sites (N-methyl/N-ethyl adjacent to an activating group) is 1. The van der Waals surface area contributed by atoms with Gasteiger partial charge in [-0.15, -0.1) is 12.4 Å². The first-order chi connectivity index (χ1) is 9.95. The van der Waals surface area contributed by atoms with Crippen LogP contribution in [0.25, 0.3) is 6.08 Å². The van der Waals surface area contributed by atoms with Gasteiger partial charge >= 0.3 is 12.0 Å². The minimum atomic E-state index is -1.01. The number of pyridine rings is 1. The van der Waals surface area contributed by atoms with Gasteiger partial charge < -0.3 is 14.9 Å². The number of hydrogen-bond acceptors (Lipinski definition) is 4. The molecule has 120 valence electrons. The summed E-state index contributed by atoms with van der Waals surface area (Å²) in [5.74, 6) is -0.470. The van der Waals surface area contributed by atoms with Gasteiger partial charge in [0.2, 0.25) is 0 Å². The average Bonchev–Trinajstić information content (AvgIpc) is 2.42. The van der Waals surface area contributed by atoms with Crippen molar-refractivity contribution in [2.24, 2.45) is 0 Å². The number of halogens is 1. The fourth-order valence-electron chi connectivity index (χ4n) is 1.98. The summed E-state index contributed by atoms with van der Waals surface area (Å²) in [6.07, 6.45) is 4.08. The normalized spacial score (nSPS) is 13.8. The SMILES string of the molecule is CN(C)CCN1Cc2cc(C=CC(=O)O)cnc2NC1=O.Cl. The Balaban J connectivity index is 0.00000242. The maximum Gasteiger partial charge on any atom is 0.328 e. The summed E-state index contributed by atoms with van der Waals surface area (Å²) in [6.45, 7) is 1.86. The molecule has 1 aliphatic heterocycles. The predicted molar refractivity (Wildman–Crippen MR) is 86.1 cm³/mol. The van der Waals surface area contributed by atoms with Gasteiger partial charge in [-0.25, -0.2) is 14.6 Å². The number of amides is 2. The summed E-state index contributed by atoms with van der Waals surface area (Å²) in [6, 6.07) is 1.68. The molecule has 8 heteroatoms. The number of nitrogens with one attached hydrogen (secondary N) is 1. The lowest BCUT2D eigenvalue weighted by Gasteiger charge is -2.29. The molecule has 7 nitrogen and oxygen atoms in total. The number of rotatable bonds is 5. The van der Waals surface area contributed by atoms with Crippen LogP contribution in [0.3, 0.4) is 0 Å². The molecule has 1 aromatic rings. The van der Waals surface area contributed by atoms with Crippen LogP contribution in [0.4, 0.5) is 10.6 Å². The molecule has 0 unspecified atom stereocenters. The smallest absolute Gasteiger partial charge is 0.328 e. The van der Waals surface area contributed by atoms with Crippen LogP contribution in [-0.4, -0.2) is 59.1 Å². The molecule has 2 N–H and O–H groups in total. The highest BCUT2D eigenvalue weighted by Crippen LogP contribution is 2.22. The molecule has 2 rings (SSSR count). The number of fused-ring (bicyclic) bond motifs is 1. The number of anilines is 1. The highest BCUT2D eigenvalue weighted by molar-refractivity contribution is 5.91. The van der Waals surface area contributed by atoms with Crippen LogP contribution in [-0.2, 0) is 11.3 Å². The molecular weight excluding hydrogens is 308 g/mol. The van der Waals surface area contributed by atoms with Gasteiger partial charge in [0.05, 0.1) is 6.54 Å². The second-order valence-corrected chi connectivity index (χ2v) is 5.10. The Morgan fingerprint density at radius 3 is 2.91 bits per heavy atom. The molecule has 0 atom stereocenters. The molecule has 1 aromatic heterocycles. The Bertz CT molecular complexity index is 589. The van der Waals surface area contributed by atoms with Crippen LogP contribution in [0.15, 0.2) is 18.3 Å². The molecule has 0 bridgehead atoms. The third kappa shape index (κ3) is 4.71. The Hall–Kier alpha value is -2.12. The summed E-state index contributed by atoms with van der Waals surface area (Å²) in [4.78, 5) is 30.3. The van der Waals surface area contributed by atoms with Crippen LogP contribution >= 0.6 is 12.4 Å². The fraction of sp³-hybridized carbons (Fsp3) is 0.357. The van der Waals surface area contributed by atoms with Crippen LogP contribution in [0, 0.1) is 0 Å². The van der Waals surface area contributed by atoms with E-state index in [-0.39, 0.29) is 18.4 Å². The first-order valence-corrected chi connectivity index (χ1v) is 6.56. The van der Waals surface area contributed by atoms with Crippen LogP contribution < -0.4 is 5.32 Å². The van der Waals surface area contributed by atoms with Crippen LogP contribution in [0.1, 0.15) is 11.1 Å². The van der Waals surface area contributed by atoms with Gasteiger partial charge in [-0.2, -0.15) is 0 Å². The Morgan fingerprint density at radius 1 is 1.55 bits per heavy atom. The van der Waals surface area contributed by atoms with Crippen LogP contribution in [0.5, 0.6) is 0 Å². The largest absolute Gasteiger partial charge is 0.478 e. The summed E-state index contributed by atoms with van der Waals surface area (Å²) in [7, 11) is 3.90. The van der Waals surface area contributed by atoms with E-state index in [0.717, 1.165) is 18.2 Å². The molecule has 2 amide bonds. The molecule has 0 fully saturated rings. The Morgan fingerprint density at radius 2 is 2.27 bits per heavy atom. The highest BCUT2D eigenvalue weighted by atomic mass is 35.5. The lowest BCUT2D eigenvalue weighted by atomic mass is 10.1. The van der Waals surface area contributed by atoms with Crippen molar-refractivity contribution in [1.82, 2.24) is 14.8 Å². The number of aliphatic carboxylic acids is 1. The maximum absolute atomic E-state index is 11.9. The van der Waals surface area contributed by atoms with E-state index in [0.29, 0.717) is 24.5 Å². The monoisotopic (exact) mass is 326 g/mol. The molecule has 0 radical (unpaired) electrons. The van der Waals surface area contributed by atoms with Gasteiger partial charge in [0, 0.05) is 30.9 Å². The van der Waals surface area contributed by atoms with E-state index in [9.17, 15) is 9.59 Å². The van der Waals surface area contributed by atoms with Gasteiger partial charge in [-0.3, -0.25) is 5.32 Å². The summed E-state index contributed by atoms with van der Waals surface area (Å²) in [5, 5.41) is 11.4. The highest BCUT2D eigenvalue weighted by Gasteiger charge is 2.23. The number of hydrogen-bond donors (Lipinski definition) is 2. The van der Waals surface area contributed by atoms with E-state index in [1.165, 1.54) is 12.3 Å². The molecule has 1 aliphatic rings. The van der Waals surface area contributed by atoms with E-state index in [4.69, 9.17) is 5.11 Å². The summed E-state index contributed by atoms with van der Waals surface area (Å²) < 4.78 is 0. The molecule has 0 spiro atoms. The number of carboxylic acid groups (broad SMARTS) is 1. The van der Waals surface area contributed by atoms with Crippen LogP contribution in [0.2, 0.25) is 0 Å². The van der Waals surface area contributed by atoms with Gasteiger partial charge in [-0.1, -0.05) is 0 Å². The third-order valence-electron chi connectivity index (χ3n) is 3.10. The lowest BCUT2D eigenvalue weighted by Crippen LogP contribution is -2.42. The van der Waals surface area contributed by atoms with Crippen molar-refractivity contribution in [2.45, 2.75) is 6.54 Å². The fourth-order valence-corrected chi connectivity index (χ4v) is 1.98. The van der Waals surface area contributed by atoms with Gasteiger partial charge in [-0.05, 0) is 31.8 Å². The molecule has 0 saturated heterocycles. The number of aromatic nitrogens is 1. The average molecular weight is 327 g/mol. The third-order valence-corrected chi connectivity index (χ3v) is 3.10. The van der Waals surface area contributed by atoms with E-state index in [2.05, 4.69) is 10.3 Å². The minimum absolute atomic E-state index is 0. The molecule has 0 saturated carbocycles. The van der Waals surface area contributed by atoms with Gasteiger partial charge in [0.25, 0.3) is 0 Å². The zero-order chi connectivity index (χ0) is 15.4. The number of carboxylic acids is 1. The zero-order valence-corrected chi connectivity index (χ0v) is 13.3. The Kier molecular flexibility index (Phi) is 6.33. The zero-order valence-electron chi connectivity index (χ0n) is 12.4. The second-order valence-electron chi connectivity index (χ2n) is 5.10. The van der Waals surface area contributed by atoms with Crippen molar-refractivity contribution in [1.29, 1.82) is 0 Å². The maximum atomic E-state index is 11.9. The predicted octanol–water partition coefficient (Wildman–Crippen LogP) is 1.51. The van der Waals surface area contributed by atoms with E-state index in [1.807, 2.05) is 25.1 Å². The lowest BCUT2D eigenvalue weighted by molar-refractivity contribution is -0.131. The van der Waals surface area contributed by atoms with Gasteiger partial charge in [0.1, 0.15) is 5.82 Å². The van der Waals surface area contributed by atoms with Gasteiger partial charge in [0.15, 0.2) is 0 Å². The van der Waals surface area contributed by atoms with Crippen molar-refractivity contribution in [3.8, 4) is 0 Å². The molecule has 22 heavy (non-hydrogen) atoms. The molecule has 0 aliphatic carbocycles. The molecule has 0 aromatic carbocycles. The number of carbonyl (C=O) groups is 2. The first-order valence-electron chi connectivity index (χ1n) is 6.56. The number of nitrogens with zero attached hydrogens (tertiary/aromatic N) is 3. The summed E-state index contributed by atoms with van der Waals surface area (Å²) >= 11 is 0. The minimum Gasteiger partial charge on any atom is -0.478 e. The van der Waals surface area contributed by atoms with Crippen molar-refractivity contribution in [2.75, 3.05) is 32.5 Å².